The van der Waals surface area contributed by atoms with E-state index in [9.17, 15) is 9.59 Å². The quantitative estimate of drug-likeness (QED) is 0.752. The minimum atomic E-state index is 0.150. The third-order valence-electron chi connectivity index (χ3n) is 4.97. The molecule has 2 aromatic rings. The van der Waals surface area contributed by atoms with Gasteiger partial charge in [-0.15, -0.1) is 0 Å². The van der Waals surface area contributed by atoms with E-state index in [0.29, 0.717) is 26.1 Å². The van der Waals surface area contributed by atoms with E-state index in [1.54, 1.807) is 0 Å². The number of piperazine rings is 1. The van der Waals surface area contributed by atoms with Gasteiger partial charge in [0, 0.05) is 31.7 Å². The molecule has 0 atom stereocenters. The highest BCUT2D eigenvalue weighted by atomic mass is 16.2. The van der Waals surface area contributed by atoms with Gasteiger partial charge in [-0.05, 0) is 17.5 Å². The lowest BCUT2D eigenvalue weighted by Gasteiger charge is -2.34. The molecule has 1 saturated heterocycles. The molecule has 4 nitrogen and oxygen atoms in total. The predicted molar refractivity (Wildman–Crippen MR) is 103 cm³/mol. The van der Waals surface area contributed by atoms with Crippen molar-refractivity contribution in [3.05, 3.63) is 71.3 Å². The Bertz CT molecular complexity index is 732. The molecule has 1 aliphatic rings. The molecule has 1 aliphatic heterocycles. The molecule has 136 valence electrons. The van der Waals surface area contributed by atoms with Gasteiger partial charge < -0.3 is 4.90 Å². The number of nitrogens with zero attached hydrogens (tertiary/aromatic N) is 2. The summed E-state index contributed by atoms with van der Waals surface area (Å²) in [6.07, 6.45) is 1.43. The Morgan fingerprint density at radius 1 is 0.846 bits per heavy atom. The molecule has 26 heavy (non-hydrogen) atoms. The fraction of sp³-hybridized carbons (Fsp3) is 0.364. The Labute approximate surface area is 155 Å². The van der Waals surface area contributed by atoms with Crippen molar-refractivity contribution < 1.29 is 9.59 Å². The van der Waals surface area contributed by atoms with Crippen molar-refractivity contribution in [2.45, 2.75) is 19.8 Å². The van der Waals surface area contributed by atoms with Crippen LogP contribution < -0.4 is 0 Å². The number of Topliss-reactive ketones (excluding diaryl/α,β-unsaturated/α-hetero) is 1. The number of carbonyl (C=O) groups is 2. The second kappa shape index (κ2) is 8.77. The highest BCUT2D eigenvalue weighted by molar-refractivity contribution is 5.97. The van der Waals surface area contributed by atoms with Gasteiger partial charge in [0.25, 0.3) is 0 Å². The van der Waals surface area contributed by atoms with E-state index in [0.717, 1.165) is 30.6 Å². The standard InChI is InChI=1S/C22H26N2O2/c1-2-18-8-10-20(11-9-18)21(25)17-23-12-14-24(15-13-23)22(26)16-19-6-4-3-5-7-19/h3-11H,2,12-17H2,1H3. The molecule has 1 fully saturated rings. The van der Waals surface area contributed by atoms with Crippen LogP contribution in [-0.2, 0) is 17.6 Å². The summed E-state index contributed by atoms with van der Waals surface area (Å²) in [5, 5.41) is 0. The van der Waals surface area contributed by atoms with Gasteiger partial charge in [0.15, 0.2) is 5.78 Å². The summed E-state index contributed by atoms with van der Waals surface area (Å²) in [4.78, 5) is 28.9. The van der Waals surface area contributed by atoms with Crippen LogP contribution in [0, 0.1) is 0 Å². The molecule has 4 heteroatoms. The summed E-state index contributed by atoms with van der Waals surface area (Å²) < 4.78 is 0. The first kappa shape index (κ1) is 18.3. The molecule has 0 spiro atoms. The van der Waals surface area contributed by atoms with Crippen molar-refractivity contribution in [3.63, 3.8) is 0 Å². The lowest BCUT2D eigenvalue weighted by atomic mass is 10.1. The van der Waals surface area contributed by atoms with E-state index in [2.05, 4.69) is 11.8 Å². The lowest BCUT2D eigenvalue weighted by Crippen LogP contribution is -2.50. The van der Waals surface area contributed by atoms with E-state index in [1.807, 2.05) is 59.5 Å². The number of ketones is 1. The molecular weight excluding hydrogens is 324 g/mol. The highest BCUT2D eigenvalue weighted by Gasteiger charge is 2.22. The van der Waals surface area contributed by atoms with Crippen LogP contribution in [0.3, 0.4) is 0 Å². The largest absolute Gasteiger partial charge is 0.340 e. The van der Waals surface area contributed by atoms with E-state index in [-0.39, 0.29) is 11.7 Å². The second-order valence-corrected chi connectivity index (χ2v) is 6.79. The fourth-order valence-corrected chi connectivity index (χ4v) is 3.26. The van der Waals surface area contributed by atoms with Gasteiger partial charge in [0.05, 0.1) is 13.0 Å². The van der Waals surface area contributed by atoms with Crippen molar-refractivity contribution >= 4 is 11.7 Å². The zero-order valence-corrected chi connectivity index (χ0v) is 15.4. The molecule has 0 aliphatic carbocycles. The van der Waals surface area contributed by atoms with Gasteiger partial charge in [-0.25, -0.2) is 0 Å². The Kier molecular flexibility index (Phi) is 6.18. The first-order chi connectivity index (χ1) is 12.7. The predicted octanol–water partition coefficient (Wildman–Crippen LogP) is 2.82. The molecule has 0 radical (unpaired) electrons. The van der Waals surface area contributed by atoms with Crippen LogP contribution in [0.2, 0.25) is 0 Å². The Morgan fingerprint density at radius 3 is 2.12 bits per heavy atom. The molecule has 0 unspecified atom stereocenters. The number of hydrogen-bond donors (Lipinski definition) is 0. The van der Waals surface area contributed by atoms with Gasteiger partial charge in [0.1, 0.15) is 0 Å². The first-order valence-corrected chi connectivity index (χ1v) is 9.32. The molecular formula is C22H26N2O2. The Balaban J connectivity index is 1.47. The number of aryl methyl sites for hydroxylation is 1. The van der Waals surface area contributed by atoms with E-state index < -0.39 is 0 Å². The minimum Gasteiger partial charge on any atom is -0.340 e. The Hall–Kier alpha value is -2.46. The van der Waals surface area contributed by atoms with Crippen LogP contribution >= 0.6 is 0 Å². The number of carbonyl (C=O) groups excluding carboxylic acids is 2. The number of rotatable bonds is 6. The summed E-state index contributed by atoms with van der Waals surface area (Å²) in [5.41, 5.74) is 3.06. The molecule has 3 rings (SSSR count). The number of amides is 1. The molecule has 0 bridgehead atoms. The highest BCUT2D eigenvalue weighted by Crippen LogP contribution is 2.10. The van der Waals surface area contributed by atoms with Gasteiger partial charge >= 0.3 is 0 Å². The van der Waals surface area contributed by atoms with Crippen molar-refractivity contribution in [3.8, 4) is 0 Å². The van der Waals surface area contributed by atoms with Gasteiger partial charge in [-0.3, -0.25) is 14.5 Å². The van der Waals surface area contributed by atoms with Crippen molar-refractivity contribution in [1.82, 2.24) is 9.80 Å². The van der Waals surface area contributed by atoms with Crippen molar-refractivity contribution in [1.29, 1.82) is 0 Å². The SMILES string of the molecule is CCc1ccc(C(=O)CN2CCN(C(=O)Cc3ccccc3)CC2)cc1. The fourth-order valence-electron chi connectivity index (χ4n) is 3.26. The summed E-state index contributed by atoms with van der Waals surface area (Å²) in [6.45, 7) is 5.40. The smallest absolute Gasteiger partial charge is 0.227 e. The monoisotopic (exact) mass is 350 g/mol. The minimum absolute atomic E-state index is 0.150. The summed E-state index contributed by atoms with van der Waals surface area (Å²) >= 11 is 0. The van der Waals surface area contributed by atoms with Gasteiger partial charge in [-0.1, -0.05) is 61.5 Å². The maximum Gasteiger partial charge on any atom is 0.227 e. The summed E-state index contributed by atoms with van der Waals surface area (Å²) in [5.74, 6) is 0.314. The molecule has 0 aromatic heterocycles. The van der Waals surface area contributed by atoms with Gasteiger partial charge in [-0.2, -0.15) is 0 Å². The normalized spacial score (nSPS) is 15.0. The lowest BCUT2D eigenvalue weighted by molar-refractivity contribution is -0.132. The molecule has 0 N–H and O–H groups in total. The topological polar surface area (TPSA) is 40.6 Å². The average molecular weight is 350 g/mol. The molecule has 0 saturated carbocycles. The van der Waals surface area contributed by atoms with E-state index in [1.165, 1.54) is 5.56 Å². The van der Waals surface area contributed by atoms with Crippen LogP contribution in [0.5, 0.6) is 0 Å². The van der Waals surface area contributed by atoms with Crippen LogP contribution in [0.25, 0.3) is 0 Å². The Morgan fingerprint density at radius 2 is 1.50 bits per heavy atom. The van der Waals surface area contributed by atoms with Gasteiger partial charge in [0.2, 0.25) is 5.91 Å². The average Bonchev–Trinajstić information content (AvgIpc) is 2.69. The summed E-state index contributed by atoms with van der Waals surface area (Å²) in [7, 11) is 0. The van der Waals surface area contributed by atoms with Crippen LogP contribution in [0.15, 0.2) is 54.6 Å². The van der Waals surface area contributed by atoms with E-state index >= 15 is 0 Å². The van der Waals surface area contributed by atoms with Crippen LogP contribution in [-0.4, -0.2) is 54.2 Å². The third-order valence-corrected chi connectivity index (χ3v) is 4.97. The summed E-state index contributed by atoms with van der Waals surface area (Å²) in [6, 6.07) is 17.7. The van der Waals surface area contributed by atoms with E-state index in [4.69, 9.17) is 0 Å². The van der Waals surface area contributed by atoms with Crippen molar-refractivity contribution in [2.24, 2.45) is 0 Å². The number of hydrogen-bond acceptors (Lipinski definition) is 3. The molecule has 2 aromatic carbocycles. The molecule has 1 amide bonds. The van der Waals surface area contributed by atoms with Crippen LogP contribution in [0.1, 0.15) is 28.4 Å². The maximum absolute atomic E-state index is 12.4. The maximum atomic E-state index is 12.4. The third kappa shape index (κ3) is 4.79. The van der Waals surface area contributed by atoms with Crippen molar-refractivity contribution in [2.75, 3.05) is 32.7 Å². The molecule has 1 heterocycles. The zero-order chi connectivity index (χ0) is 18.4. The van der Waals surface area contributed by atoms with Crippen LogP contribution in [0.4, 0.5) is 0 Å². The first-order valence-electron chi connectivity index (χ1n) is 9.32. The second-order valence-electron chi connectivity index (χ2n) is 6.79. The zero-order valence-electron chi connectivity index (χ0n) is 15.4. The number of benzene rings is 2.